The minimum atomic E-state index is -4.69. The van der Waals surface area contributed by atoms with Crippen LogP contribution in [0.15, 0.2) is 12.7 Å². The molecule has 0 aliphatic heterocycles. The third-order valence-corrected chi connectivity index (χ3v) is 6.05. The van der Waals surface area contributed by atoms with E-state index in [9.17, 15) is 35.7 Å². The van der Waals surface area contributed by atoms with Gasteiger partial charge >= 0.3 is 19.9 Å². The van der Waals surface area contributed by atoms with Gasteiger partial charge in [-0.05, 0) is 6.42 Å². The van der Waals surface area contributed by atoms with Crippen LogP contribution in [-0.2, 0) is 39.2 Å². The van der Waals surface area contributed by atoms with E-state index in [1.54, 1.807) is 0 Å². The van der Waals surface area contributed by atoms with E-state index in [1.807, 2.05) is 6.92 Å². The molecule has 0 atom stereocenters. The van der Waals surface area contributed by atoms with E-state index in [1.165, 1.54) is 10.9 Å². The van der Waals surface area contributed by atoms with Crippen LogP contribution in [0.5, 0.6) is 0 Å². The number of aromatic nitrogens is 4. The quantitative estimate of drug-likeness (QED) is 0.0810. The average molecular weight is 611 g/mol. The Hall–Kier alpha value is -2.41. The van der Waals surface area contributed by atoms with E-state index in [-0.39, 0.29) is 30.0 Å². The number of hydroxylamine groups is 1. The number of amides is 1. The van der Waals surface area contributed by atoms with Crippen molar-refractivity contribution in [3.8, 4) is 0 Å². The molecule has 0 aliphatic rings. The average Bonchev–Trinajstić information content (AvgIpc) is 3.29. The molecule has 228 valence electrons. The first kappa shape index (κ1) is 33.8. The molecule has 0 unspecified atom stereocenters. The monoisotopic (exact) mass is 611 g/mol. The van der Waals surface area contributed by atoms with Crippen LogP contribution in [0.1, 0.15) is 36.7 Å². The Bertz CT molecular complexity index is 1080. The molecule has 0 radical (unpaired) electrons. The Labute approximate surface area is 223 Å². The molecule has 1 amide bonds. The number of carbonyl (C=O) groups is 1. The van der Waals surface area contributed by atoms with E-state index < -0.39 is 59.0 Å². The zero-order valence-electron chi connectivity index (χ0n) is 21.2. The van der Waals surface area contributed by atoms with Crippen molar-refractivity contribution in [3.63, 3.8) is 0 Å². The third-order valence-electron chi connectivity index (χ3n) is 4.55. The van der Waals surface area contributed by atoms with Crippen molar-refractivity contribution in [1.29, 1.82) is 0 Å². The number of unbranched alkanes of at least 4 members (excludes halogenated alkanes) is 2. The normalized spacial score (nSPS) is 12.8. The van der Waals surface area contributed by atoms with Crippen molar-refractivity contribution < 1.29 is 63.8 Å². The lowest BCUT2D eigenvalue weighted by atomic mass is 10.3. The highest BCUT2D eigenvalue weighted by molar-refractivity contribution is 7.53. The van der Waals surface area contributed by atoms with Crippen molar-refractivity contribution in [3.05, 3.63) is 18.3 Å². The van der Waals surface area contributed by atoms with Crippen LogP contribution >= 0.6 is 7.60 Å². The van der Waals surface area contributed by atoms with Crippen LogP contribution in [0.25, 0.3) is 11.2 Å². The molecule has 13 nitrogen and oxygen atoms in total. The smallest absolute Gasteiger partial charge is 0.367 e. The maximum Gasteiger partial charge on any atom is 0.411 e. The number of nitrogens with one attached hydrogen (secondary N) is 1. The SMILES string of the molecule is CCCCCONC(=O)c1ncnc2c1ncn2CCOCP(=O)(OCOCC(F)(F)F)OCOCC(F)(F)F. The first-order valence-electron chi connectivity index (χ1n) is 11.7. The summed E-state index contributed by atoms with van der Waals surface area (Å²) in [6, 6.07) is 0. The number of ether oxygens (including phenoxy) is 3. The summed E-state index contributed by atoms with van der Waals surface area (Å²) in [5.74, 6) is -0.638. The van der Waals surface area contributed by atoms with Gasteiger partial charge < -0.3 is 18.8 Å². The summed E-state index contributed by atoms with van der Waals surface area (Å²) in [5.41, 5.74) is 2.62. The largest absolute Gasteiger partial charge is 0.411 e. The molecule has 2 rings (SSSR count). The number of halogens is 6. The molecule has 0 saturated heterocycles. The number of fused-ring (bicyclic) bond motifs is 1. The lowest BCUT2D eigenvalue weighted by Gasteiger charge is -2.19. The maximum absolute atomic E-state index is 12.7. The van der Waals surface area contributed by atoms with E-state index >= 15 is 0 Å². The molecule has 2 heterocycles. The minimum Gasteiger partial charge on any atom is -0.367 e. The van der Waals surface area contributed by atoms with Crippen molar-refractivity contribution in [2.45, 2.75) is 45.1 Å². The van der Waals surface area contributed by atoms with E-state index in [0.717, 1.165) is 25.6 Å². The van der Waals surface area contributed by atoms with Crippen LogP contribution < -0.4 is 5.48 Å². The molecule has 0 bridgehead atoms. The lowest BCUT2D eigenvalue weighted by molar-refractivity contribution is -0.192. The van der Waals surface area contributed by atoms with Gasteiger partial charge in [-0.15, -0.1) is 0 Å². The summed E-state index contributed by atoms with van der Waals surface area (Å²) in [4.78, 5) is 29.6. The van der Waals surface area contributed by atoms with Gasteiger partial charge in [-0.1, -0.05) is 19.8 Å². The summed E-state index contributed by atoms with van der Waals surface area (Å²) < 4.78 is 110. The predicted octanol–water partition coefficient (Wildman–Crippen LogP) is 3.95. The zero-order valence-corrected chi connectivity index (χ0v) is 22.1. The highest BCUT2D eigenvalue weighted by Gasteiger charge is 2.31. The van der Waals surface area contributed by atoms with E-state index in [4.69, 9.17) is 9.57 Å². The third kappa shape index (κ3) is 12.8. The molecule has 0 saturated carbocycles. The van der Waals surface area contributed by atoms with Gasteiger partial charge in [0.1, 0.15) is 31.4 Å². The van der Waals surface area contributed by atoms with Gasteiger partial charge in [0.2, 0.25) is 0 Å². The molecule has 0 fully saturated rings. The second-order valence-electron chi connectivity index (χ2n) is 7.89. The van der Waals surface area contributed by atoms with Crippen molar-refractivity contribution in [2.75, 3.05) is 46.4 Å². The number of rotatable bonds is 19. The first-order chi connectivity index (χ1) is 18.8. The number of imidazole rings is 1. The summed E-state index contributed by atoms with van der Waals surface area (Å²) in [7, 11) is -4.40. The Kier molecular flexibility index (Phi) is 13.6. The predicted molar refractivity (Wildman–Crippen MR) is 123 cm³/mol. The number of alkyl halides is 6. The summed E-state index contributed by atoms with van der Waals surface area (Å²) in [5, 5.41) is 0. The second kappa shape index (κ2) is 16.1. The standard InChI is InChI=1S/C20H28F6N5O8P/c1-2-3-4-6-37-30-18(32)16-15-17(28-10-27-16)31(11-29-15)5-7-34-14-40(33,38-12-35-8-19(21,22)23)39-13-36-9-20(24,25)26/h10-11H,2-9,12-14H2,1H3,(H,30,32). The van der Waals surface area contributed by atoms with Gasteiger partial charge in [0, 0.05) is 6.54 Å². The van der Waals surface area contributed by atoms with Crippen LogP contribution in [-0.4, -0.2) is 84.1 Å². The van der Waals surface area contributed by atoms with Crippen molar-refractivity contribution in [2.24, 2.45) is 0 Å². The summed E-state index contributed by atoms with van der Waals surface area (Å²) in [6.07, 6.45) is -5.12. The van der Waals surface area contributed by atoms with E-state index in [2.05, 4.69) is 39.0 Å². The molecular weight excluding hydrogens is 583 g/mol. The molecule has 2 aromatic heterocycles. The molecule has 2 aromatic rings. The van der Waals surface area contributed by atoms with Gasteiger partial charge in [0.25, 0.3) is 5.91 Å². The lowest BCUT2D eigenvalue weighted by Crippen LogP contribution is -2.25. The highest BCUT2D eigenvalue weighted by atomic mass is 31.2. The van der Waals surface area contributed by atoms with Gasteiger partial charge in [-0.25, -0.2) is 20.4 Å². The number of carbonyl (C=O) groups excluding carboxylic acids is 1. The molecule has 0 spiro atoms. The van der Waals surface area contributed by atoms with Gasteiger partial charge in [0.15, 0.2) is 24.9 Å². The molecule has 1 N–H and O–H groups in total. The van der Waals surface area contributed by atoms with Crippen LogP contribution in [0.3, 0.4) is 0 Å². The molecular formula is C20H28F6N5O8P. The molecule has 20 heteroatoms. The van der Waals surface area contributed by atoms with Crippen LogP contribution in [0.4, 0.5) is 26.3 Å². The van der Waals surface area contributed by atoms with Crippen LogP contribution in [0.2, 0.25) is 0 Å². The molecule has 0 aliphatic carbocycles. The van der Waals surface area contributed by atoms with Crippen molar-refractivity contribution >= 4 is 24.7 Å². The highest BCUT2D eigenvalue weighted by Crippen LogP contribution is 2.48. The van der Waals surface area contributed by atoms with Crippen LogP contribution in [0, 0.1) is 0 Å². The van der Waals surface area contributed by atoms with Gasteiger partial charge in [-0.2, -0.15) is 26.3 Å². The minimum absolute atomic E-state index is 0.0250. The Balaban J connectivity index is 1.92. The van der Waals surface area contributed by atoms with Gasteiger partial charge in [0.05, 0.1) is 19.5 Å². The Morgan fingerprint density at radius 1 is 0.950 bits per heavy atom. The number of hydrogen-bond donors (Lipinski definition) is 1. The number of nitrogens with zero attached hydrogens (tertiary/aromatic N) is 4. The molecule has 40 heavy (non-hydrogen) atoms. The summed E-state index contributed by atoms with van der Waals surface area (Å²) >= 11 is 0. The fourth-order valence-electron chi connectivity index (χ4n) is 2.80. The topological polar surface area (TPSA) is 145 Å². The van der Waals surface area contributed by atoms with Crippen molar-refractivity contribution in [1.82, 2.24) is 25.0 Å². The molecule has 0 aromatic carbocycles. The Morgan fingerprint density at radius 2 is 1.60 bits per heavy atom. The fourth-order valence-corrected chi connectivity index (χ4v) is 3.85. The Morgan fingerprint density at radius 3 is 2.20 bits per heavy atom. The zero-order chi connectivity index (χ0) is 29.7. The summed E-state index contributed by atoms with van der Waals surface area (Å²) in [6.45, 7) is -3.57. The maximum atomic E-state index is 12.7. The first-order valence-corrected chi connectivity index (χ1v) is 13.4. The fraction of sp³-hybridized carbons (Fsp3) is 0.700. The number of hydrogen-bond acceptors (Lipinski definition) is 11. The van der Waals surface area contributed by atoms with Gasteiger partial charge in [-0.3, -0.25) is 23.2 Å². The van der Waals surface area contributed by atoms with E-state index in [0.29, 0.717) is 6.61 Å². The second-order valence-corrected chi connectivity index (χ2v) is 9.89.